The fraction of sp³-hybridized carbons (Fsp3) is 0. The highest BCUT2D eigenvalue weighted by Gasteiger charge is 2.14. The minimum absolute atomic E-state index is 0.176. The second-order valence-electron chi connectivity index (χ2n) is 4.79. The van der Waals surface area contributed by atoms with Crippen molar-refractivity contribution in [3.63, 3.8) is 0 Å². The lowest BCUT2D eigenvalue weighted by Crippen LogP contribution is -2.14. The predicted molar refractivity (Wildman–Crippen MR) is 93.8 cm³/mol. The number of anilines is 2. The smallest absolute Gasteiger partial charge is 0.261 e. The van der Waals surface area contributed by atoms with Crippen LogP contribution >= 0.6 is 11.3 Å². The second kappa shape index (κ2) is 6.81. The maximum atomic E-state index is 12.2. The average Bonchev–Trinajstić information content (AvgIpc) is 3.09. The van der Waals surface area contributed by atoms with Gasteiger partial charge in [-0.15, -0.1) is 11.3 Å². The van der Waals surface area contributed by atoms with E-state index in [1.807, 2.05) is 0 Å². The number of nitrogens with zero attached hydrogens (tertiary/aromatic N) is 1. The van der Waals surface area contributed by atoms with Gasteiger partial charge in [0.1, 0.15) is 0 Å². The molecule has 2 aromatic carbocycles. The second-order valence-corrected chi connectivity index (χ2v) is 7.36. The summed E-state index contributed by atoms with van der Waals surface area (Å²) < 4.78 is 26.9. The first-order chi connectivity index (χ1) is 11.5. The van der Waals surface area contributed by atoms with Gasteiger partial charge in [-0.3, -0.25) is 14.8 Å². The first-order valence-electron chi connectivity index (χ1n) is 6.93. The molecule has 0 aliphatic carbocycles. The van der Waals surface area contributed by atoms with Gasteiger partial charge in [-0.05, 0) is 36.4 Å². The van der Waals surface area contributed by atoms with E-state index in [-0.39, 0.29) is 10.8 Å². The first kappa shape index (κ1) is 16.2. The Balaban J connectivity index is 1.72. The molecule has 1 heterocycles. The molecule has 1 aromatic heterocycles. The third kappa shape index (κ3) is 3.79. The number of benzene rings is 2. The molecule has 0 saturated carbocycles. The van der Waals surface area contributed by atoms with Crippen LogP contribution in [0.15, 0.2) is 71.1 Å². The summed E-state index contributed by atoms with van der Waals surface area (Å²) in [5.41, 5.74) is 0.789. The van der Waals surface area contributed by atoms with Crippen LogP contribution in [0.5, 0.6) is 0 Å². The van der Waals surface area contributed by atoms with Crippen molar-refractivity contribution in [3.05, 3.63) is 71.7 Å². The van der Waals surface area contributed by atoms with Crippen LogP contribution in [0.25, 0.3) is 0 Å². The molecule has 3 rings (SSSR count). The number of carbonyl (C=O) groups is 1. The Bertz CT molecular complexity index is 922. The Morgan fingerprint density at radius 2 is 1.71 bits per heavy atom. The normalized spacial score (nSPS) is 11.0. The van der Waals surface area contributed by atoms with E-state index >= 15 is 0 Å². The van der Waals surface area contributed by atoms with Crippen molar-refractivity contribution >= 4 is 38.1 Å². The van der Waals surface area contributed by atoms with E-state index in [0.29, 0.717) is 16.4 Å². The van der Waals surface area contributed by atoms with Crippen molar-refractivity contribution in [2.24, 2.45) is 0 Å². The topological polar surface area (TPSA) is 88.2 Å². The molecule has 24 heavy (non-hydrogen) atoms. The monoisotopic (exact) mass is 359 g/mol. The van der Waals surface area contributed by atoms with Gasteiger partial charge in [-0.2, -0.15) is 0 Å². The maximum absolute atomic E-state index is 12.2. The molecule has 6 nitrogen and oxygen atoms in total. The van der Waals surface area contributed by atoms with E-state index in [2.05, 4.69) is 15.0 Å². The molecule has 0 bridgehead atoms. The Labute approximate surface area is 143 Å². The van der Waals surface area contributed by atoms with Crippen LogP contribution in [0, 0.1) is 0 Å². The molecule has 8 heteroatoms. The van der Waals surface area contributed by atoms with Gasteiger partial charge in [0.2, 0.25) is 0 Å². The minimum atomic E-state index is -3.65. The maximum Gasteiger partial charge on any atom is 0.261 e. The molecule has 3 aromatic rings. The van der Waals surface area contributed by atoms with Crippen molar-refractivity contribution in [2.75, 3.05) is 10.0 Å². The zero-order valence-corrected chi connectivity index (χ0v) is 14.0. The molecule has 0 atom stereocenters. The quantitative estimate of drug-likeness (QED) is 0.732. The van der Waals surface area contributed by atoms with Crippen LogP contribution in [0.4, 0.5) is 10.8 Å². The molecular formula is C16H13N3O3S2. The standard InChI is InChI=1S/C16H13N3O3S2/c20-15(18-16-17-10-11-23-16)12-6-8-13(9-7-12)19-24(21,22)14-4-2-1-3-5-14/h1-11,19H,(H,17,18,20). The number of thiazole rings is 1. The third-order valence-corrected chi connectivity index (χ3v) is 5.19. The summed E-state index contributed by atoms with van der Waals surface area (Å²) in [4.78, 5) is 16.2. The number of hydrogen-bond acceptors (Lipinski definition) is 5. The van der Waals surface area contributed by atoms with Gasteiger partial charge >= 0.3 is 0 Å². The van der Waals surface area contributed by atoms with Crippen LogP contribution in [0.2, 0.25) is 0 Å². The molecule has 0 aliphatic heterocycles. The largest absolute Gasteiger partial charge is 0.298 e. The summed E-state index contributed by atoms with van der Waals surface area (Å²) in [5, 5.41) is 4.93. The van der Waals surface area contributed by atoms with Gasteiger partial charge in [-0.1, -0.05) is 18.2 Å². The van der Waals surface area contributed by atoms with Crippen LogP contribution < -0.4 is 10.0 Å². The van der Waals surface area contributed by atoms with E-state index < -0.39 is 10.0 Å². The van der Waals surface area contributed by atoms with Gasteiger partial charge in [0.15, 0.2) is 5.13 Å². The van der Waals surface area contributed by atoms with E-state index in [9.17, 15) is 13.2 Å². The van der Waals surface area contributed by atoms with Crippen molar-refractivity contribution in [1.29, 1.82) is 0 Å². The van der Waals surface area contributed by atoms with E-state index in [1.54, 1.807) is 41.9 Å². The number of nitrogens with one attached hydrogen (secondary N) is 2. The Kier molecular flexibility index (Phi) is 4.59. The molecule has 0 unspecified atom stereocenters. The van der Waals surface area contributed by atoms with Crippen molar-refractivity contribution in [3.8, 4) is 0 Å². The highest BCUT2D eigenvalue weighted by atomic mass is 32.2. The Morgan fingerprint density at radius 1 is 1.00 bits per heavy atom. The van der Waals surface area contributed by atoms with Crippen LogP contribution in [-0.2, 0) is 10.0 Å². The minimum Gasteiger partial charge on any atom is -0.298 e. The fourth-order valence-electron chi connectivity index (χ4n) is 1.96. The van der Waals surface area contributed by atoms with Crippen LogP contribution in [-0.4, -0.2) is 19.3 Å². The van der Waals surface area contributed by atoms with Gasteiger partial charge in [0.05, 0.1) is 4.90 Å². The molecule has 2 N–H and O–H groups in total. The zero-order valence-electron chi connectivity index (χ0n) is 12.3. The molecule has 0 aliphatic rings. The molecule has 0 radical (unpaired) electrons. The molecule has 0 spiro atoms. The molecule has 1 amide bonds. The number of amides is 1. The van der Waals surface area contributed by atoms with Crippen LogP contribution in [0.1, 0.15) is 10.4 Å². The van der Waals surface area contributed by atoms with Gasteiger partial charge < -0.3 is 0 Å². The lowest BCUT2D eigenvalue weighted by molar-refractivity contribution is 0.102. The highest BCUT2D eigenvalue weighted by Crippen LogP contribution is 2.17. The lowest BCUT2D eigenvalue weighted by atomic mass is 10.2. The molecule has 122 valence electrons. The van der Waals surface area contributed by atoms with Gasteiger partial charge in [-0.25, -0.2) is 13.4 Å². The zero-order chi connectivity index (χ0) is 17.0. The average molecular weight is 359 g/mol. The van der Waals surface area contributed by atoms with Crippen molar-refractivity contribution < 1.29 is 13.2 Å². The number of aromatic nitrogens is 1. The Hall–Kier alpha value is -2.71. The molecule has 0 saturated heterocycles. The van der Waals surface area contributed by atoms with E-state index in [0.717, 1.165) is 0 Å². The van der Waals surface area contributed by atoms with Gasteiger partial charge in [0.25, 0.3) is 15.9 Å². The fourth-order valence-corrected chi connectivity index (χ4v) is 3.56. The number of hydrogen-bond donors (Lipinski definition) is 2. The number of carbonyl (C=O) groups excluding carboxylic acids is 1. The van der Waals surface area contributed by atoms with Crippen LogP contribution in [0.3, 0.4) is 0 Å². The lowest BCUT2D eigenvalue weighted by Gasteiger charge is -2.08. The van der Waals surface area contributed by atoms with Crippen molar-refractivity contribution in [1.82, 2.24) is 4.98 Å². The highest BCUT2D eigenvalue weighted by molar-refractivity contribution is 7.92. The first-order valence-corrected chi connectivity index (χ1v) is 9.30. The number of rotatable bonds is 5. The van der Waals surface area contributed by atoms with E-state index in [1.165, 1.54) is 35.6 Å². The molecule has 0 fully saturated rings. The molecular weight excluding hydrogens is 346 g/mol. The van der Waals surface area contributed by atoms with E-state index in [4.69, 9.17) is 0 Å². The predicted octanol–water partition coefficient (Wildman–Crippen LogP) is 3.20. The summed E-state index contributed by atoms with van der Waals surface area (Å²) in [6, 6.07) is 14.2. The SMILES string of the molecule is O=C(Nc1nccs1)c1ccc(NS(=O)(=O)c2ccccc2)cc1. The Morgan fingerprint density at radius 3 is 2.33 bits per heavy atom. The summed E-state index contributed by atoms with van der Waals surface area (Å²) >= 11 is 1.32. The summed E-state index contributed by atoms with van der Waals surface area (Å²) in [5.74, 6) is -0.303. The summed E-state index contributed by atoms with van der Waals surface area (Å²) in [6.07, 6.45) is 1.60. The summed E-state index contributed by atoms with van der Waals surface area (Å²) in [7, 11) is -3.65. The van der Waals surface area contributed by atoms with Crippen molar-refractivity contribution in [2.45, 2.75) is 4.90 Å². The third-order valence-electron chi connectivity index (χ3n) is 3.11. The van der Waals surface area contributed by atoms with Gasteiger partial charge in [0, 0.05) is 22.8 Å². The summed E-state index contributed by atoms with van der Waals surface area (Å²) in [6.45, 7) is 0. The number of sulfonamides is 1.